The molecule has 76 valence electrons. The van der Waals surface area contributed by atoms with Gasteiger partial charge in [0.2, 0.25) is 0 Å². The fraction of sp³-hybridized carbons (Fsp3) is 0.182. The molecule has 14 heavy (non-hydrogen) atoms. The molecule has 0 aromatic heterocycles. The van der Waals surface area contributed by atoms with E-state index in [0.29, 0.717) is 5.78 Å². The number of rotatable bonds is 3. The summed E-state index contributed by atoms with van der Waals surface area (Å²) < 4.78 is 0.213. The Morgan fingerprint density at radius 1 is 0.929 bits per heavy atom. The Morgan fingerprint density at radius 2 is 1.29 bits per heavy atom. The third-order valence-electron chi connectivity index (χ3n) is 2.18. The molecule has 0 fully saturated rings. The highest BCUT2D eigenvalue weighted by Crippen LogP contribution is 2.53. The molecule has 0 saturated carbocycles. The molecule has 0 bridgehead atoms. The lowest BCUT2D eigenvalue weighted by molar-refractivity contribution is -0.115. The van der Waals surface area contributed by atoms with E-state index in [4.69, 9.17) is 0 Å². The maximum absolute atomic E-state index is 11.6. The van der Waals surface area contributed by atoms with E-state index in [-0.39, 0.29) is 26.4 Å². The molecule has 0 aliphatic carbocycles. The summed E-state index contributed by atoms with van der Waals surface area (Å²) in [5, 5.41) is 8.74. The van der Waals surface area contributed by atoms with Gasteiger partial charge in [0.1, 0.15) is 0 Å². The maximum Gasteiger partial charge on any atom is 0.150 e. The largest absolute Gasteiger partial charge is 0.298 e. The molecular weight excluding hydrogens is 212 g/mol. The molecule has 0 amide bonds. The highest BCUT2D eigenvalue weighted by Gasteiger charge is 2.24. The maximum atomic E-state index is 11.6. The van der Waals surface area contributed by atoms with Gasteiger partial charge in [-0.25, -0.2) is 0 Å². The predicted molar refractivity (Wildman–Crippen MR) is 69.0 cm³/mol. The SMILES string of the molecule is CC(=O)C([SH]1C=CC=C1)[SH]1C=CC=C1. The number of carbonyl (C=O) groups excluding carboxylic acids is 1. The van der Waals surface area contributed by atoms with Crippen molar-refractivity contribution in [2.45, 2.75) is 11.5 Å². The van der Waals surface area contributed by atoms with E-state index >= 15 is 0 Å². The highest BCUT2D eigenvalue weighted by molar-refractivity contribution is 8.39. The van der Waals surface area contributed by atoms with Crippen molar-refractivity contribution >= 4 is 27.6 Å². The first-order valence-electron chi connectivity index (χ1n) is 4.54. The first-order valence-corrected chi connectivity index (χ1v) is 7.64. The zero-order valence-corrected chi connectivity index (χ0v) is 9.79. The summed E-state index contributed by atoms with van der Waals surface area (Å²) in [5.41, 5.74) is 0. The van der Waals surface area contributed by atoms with Crippen LogP contribution in [0.2, 0.25) is 0 Å². The van der Waals surface area contributed by atoms with Gasteiger partial charge in [-0.15, -0.1) is 0 Å². The lowest BCUT2D eigenvalue weighted by Crippen LogP contribution is -2.14. The standard InChI is InChI=1S/C11H14OS2/c1-10(12)11(13-6-2-3-7-13)14-8-4-5-9-14/h2-9,11,13-14H,1H3. The van der Waals surface area contributed by atoms with Crippen molar-refractivity contribution < 1.29 is 4.79 Å². The summed E-state index contributed by atoms with van der Waals surface area (Å²) in [6, 6.07) is 0. The monoisotopic (exact) mass is 226 g/mol. The van der Waals surface area contributed by atoms with Crippen LogP contribution >= 0.6 is 21.8 Å². The summed E-state index contributed by atoms with van der Waals surface area (Å²) in [4.78, 5) is 11.6. The fourth-order valence-corrected chi connectivity index (χ4v) is 6.63. The number of carbonyl (C=O) groups is 1. The van der Waals surface area contributed by atoms with E-state index in [1.165, 1.54) is 0 Å². The van der Waals surface area contributed by atoms with Crippen molar-refractivity contribution in [2.24, 2.45) is 0 Å². The lowest BCUT2D eigenvalue weighted by atomic mass is 10.5. The summed E-state index contributed by atoms with van der Waals surface area (Å²) in [6.45, 7) is 1.72. The minimum atomic E-state index is -0.343. The molecule has 0 N–H and O–H groups in total. The molecule has 0 atom stereocenters. The average Bonchev–Trinajstić information content (AvgIpc) is 2.75. The molecule has 2 aliphatic heterocycles. The number of thiol groups is 2. The zero-order chi connectivity index (χ0) is 9.97. The van der Waals surface area contributed by atoms with E-state index in [9.17, 15) is 4.79 Å². The molecule has 0 aromatic carbocycles. The second-order valence-corrected chi connectivity index (χ2v) is 7.67. The van der Waals surface area contributed by atoms with Crippen molar-refractivity contribution in [1.82, 2.24) is 0 Å². The van der Waals surface area contributed by atoms with E-state index < -0.39 is 0 Å². The van der Waals surface area contributed by atoms with Gasteiger partial charge in [-0.3, -0.25) is 4.79 Å². The Kier molecular flexibility index (Phi) is 2.99. The Morgan fingerprint density at radius 3 is 1.57 bits per heavy atom. The van der Waals surface area contributed by atoms with Gasteiger partial charge < -0.3 is 0 Å². The van der Waals surface area contributed by atoms with Crippen LogP contribution in [0, 0.1) is 0 Å². The number of ketones is 1. The van der Waals surface area contributed by atoms with Gasteiger partial charge in [0.15, 0.2) is 5.78 Å². The molecule has 0 radical (unpaired) electrons. The Hall–Kier alpha value is -0.670. The van der Waals surface area contributed by atoms with Crippen LogP contribution in [0.3, 0.4) is 0 Å². The fourth-order valence-electron chi connectivity index (χ4n) is 1.60. The molecule has 3 heteroatoms. The normalized spacial score (nSPS) is 23.0. The molecule has 1 nitrogen and oxygen atoms in total. The number of hydrogen-bond acceptors (Lipinski definition) is 1. The lowest BCUT2D eigenvalue weighted by Gasteiger charge is -2.28. The molecule has 0 saturated heterocycles. The third-order valence-corrected chi connectivity index (χ3v) is 7.71. The van der Waals surface area contributed by atoms with Crippen LogP contribution < -0.4 is 0 Å². The van der Waals surface area contributed by atoms with E-state index in [1.54, 1.807) is 6.92 Å². The van der Waals surface area contributed by atoms with Gasteiger partial charge in [0.25, 0.3) is 0 Å². The van der Waals surface area contributed by atoms with E-state index in [1.807, 2.05) is 0 Å². The summed E-state index contributed by atoms with van der Waals surface area (Å²) in [7, 11) is -0.687. The van der Waals surface area contributed by atoms with Crippen LogP contribution in [0.1, 0.15) is 6.92 Å². The van der Waals surface area contributed by atoms with Crippen LogP contribution in [0.25, 0.3) is 0 Å². The van der Waals surface area contributed by atoms with Crippen LogP contribution in [0.4, 0.5) is 0 Å². The van der Waals surface area contributed by atoms with Crippen LogP contribution in [-0.4, -0.2) is 10.4 Å². The Labute approximate surface area is 90.0 Å². The Balaban J connectivity index is 2.19. The Bertz CT molecular complexity index is 300. The van der Waals surface area contributed by atoms with Crippen molar-refractivity contribution in [2.75, 3.05) is 0 Å². The van der Waals surface area contributed by atoms with E-state index in [2.05, 4.69) is 45.9 Å². The molecule has 0 unspecified atom stereocenters. The summed E-state index contributed by atoms with van der Waals surface area (Å²) >= 11 is 0. The average molecular weight is 226 g/mol. The van der Waals surface area contributed by atoms with Crippen molar-refractivity contribution in [3.05, 3.63) is 45.9 Å². The summed E-state index contributed by atoms with van der Waals surface area (Å²) in [6.07, 6.45) is 8.22. The molecule has 2 heterocycles. The molecular formula is C11H14OS2. The van der Waals surface area contributed by atoms with Gasteiger partial charge in [-0.1, -0.05) is 24.3 Å². The predicted octanol–water partition coefficient (Wildman–Crippen LogP) is 2.99. The highest BCUT2D eigenvalue weighted by atomic mass is 32.3. The van der Waals surface area contributed by atoms with Crippen molar-refractivity contribution in [3.8, 4) is 0 Å². The number of Topliss-reactive ketones (excluding diaryl/α,β-unsaturated/α-hetero) is 1. The zero-order valence-electron chi connectivity index (χ0n) is 8.00. The van der Waals surface area contributed by atoms with Crippen LogP contribution in [0.15, 0.2) is 45.9 Å². The smallest absolute Gasteiger partial charge is 0.150 e. The quantitative estimate of drug-likeness (QED) is 0.708. The first kappa shape index (κ1) is 9.87. The van der Waals surface area contributed by atoms with Gasteiger partial charge in [0, 0.05) is 0 Å². The molecule has 2 rings (SSSR count). The van der Waals surface area contributed by atoms with Gasteiger partial charge >= 0.3 is 0 Å². The van der Waals surface area contributed by atoms with Gasteiger partial charge in [-0.05, 0) is 28.6 Å². The van der Waals surface area contributed by atoms with Crippen molar-refractivity contribution in [1.29, 1.82) is 0 Å². The molecule has 2 aliphatic rings. The number of allylic oxidation sites excluding steroid dienone is 4. The van der Waals surface area contributed by atoms with Gasteiger partial charge in [0.05, 0.1) is 4.58 Å². The van der Waals surface area contributed by atoms with E-state index in [0.717, 1.165) is 0 Å². The van der Waals surface area contributed by atoms with Crippen LogP contribution in [-0.2, 0) is 4.79 Å². The molecule has 0 spiro atoms. The second-order valence-electron chi connectivity index (χ2n) is 3.24. The molecule has 0 aromatic rings. The summed E-state index contributed by atoms with van der Waals surface area (Å²) in [5.74, 6) is 0.328. The first-order chi connectivity index (χ1) is 6.79. The van der Waals surface area contributed by atoms with Gasteiger partial charge in [-0.2, -0.15) is 21.8 Å². The van der Waals surface area contributed by atoms with Crippen molar-refractivity contribution in [3.63, 3.8) is 0 Å². The third kappa shape index (κ3) is 1.88. The number of hydrogen-bond donors (Lipinski definition) is 2. The van der Waals surface area contributed by atoms with Crippen LogP contribution in [0.5, 0.6) is 0 Å². The minimum Gasteiger partial charge on any atom is -0.298 e. The minimum absolute atomic E-state index is 0.213. The topological polar surface area (TPSA) is 17.1 Å². The second kappa shape index (κ2) is 4.24.